The Labute approximate surface area is 159 Å². The van der Waals surface area contributed by atoms with Gasteiger partial charge < -0.3 is 29.0 Å². The normalized spacial score (nSPS) is 16.6. The number of amides is 1. The lowest BCUT2D eigenvalue weighted by atomic mass is 10.0. The van der Waals surface area contributed by atoms with Gasteiger partial charge in [-0.3, -0.25) is 4.90 Å². The molecular formula is C19H28N2O6. The third kappa shape index (κ3) is 5.03. The first-order valence-electron chi connectivity index (χ1n) is 8.92. The Morgan fingerprint density at radius 1 is 1.15 bits per heavy atom. The fourth-order valence-electron chi connectivity index (χ4n) is 3.24. The summed E-state index contributed by atoms with van der Waals surface area (Å²) < 4.78 is 16.0. The van der Waals surface area contributed by atoms with Crippen molar-refractivity contribution in [2.45, 2.75) is 32.4 Å². The molecule has 1 saturated heterocycles. The first kappa shape index (κ1) is 20.8. The van der Waals surface area contributed by atoms with E-state index in [-0.39, 0.29) is 6.09 Å². The fraction of sp³-hybridized carbons (Fsp3) is 0.579. The van der Waals surface area contributed by atoms with Crippen molar-refractivity contribution in [2.75, 3.05) is 40.4 Å². The van der Waals surface area contributed by atoms with Gasteiger partial charge in [0.1, 0.15) is 11.6 Å². The first-order chi connectivity index (χ1) is 12.7. The van der Waals surface area contributed by atoms with Crippen LogP contribution >= 0.6 is 0 Å². The Balaban J connectivity index is 2.17. The summed E-state index contributed by atoms with van der Waals surface area (Å²) in [6.07, 6.45) is -0.384. The van der Waals surface area contributed by atoms with Crippen LogP contribution in [0.3, 0.4) is 0 Å². The maximum absolute atomic E-state index is 12.2. The minimum atomic E-state index is -1.19. The van der Waals surface area contributed by atoms with Crippen molar-refractivity contribution in [2.24, 2.45) is 0 Å². The van der Waals surface area contributed by atoms with Crippen LogP contribution in [0.25, 0.3) is 0 Å². The van der Waals surface area contributed by atoms with Gasteiger partial charge in [0.05, 0.1) is 46.0 Å². The summed E-state index contributed by atoms with van der Waals surface area (Å²) in [5, 5.41) is 11.9. The summed E-state index contributed by atoms with van der Waals surface area (Å²) in [5.74, 6) is -0.341. The second-order valence-electron chi connectivity index (χ2n) is 7.46. The van der Waals surface area contributed by atoms with Crippen molar-refractivity contribution >= 4 is 12.1 Å². The molecule has 0 bridgehead atoms. The molecule has 0 radical (unpaired) electrons. The Kier molecular flexibility index (Phi) is 6.54. The van der Waals surface area contributed by atoms with Crippen LogP contribution in [-0.4, -0.2) is 63.0 Å². The second kappa shape index (κ2) is 8.47. The van der Waals surface area contributed by atoms with Crippen molar-refractivity contribution in [3.63, 3.8) is 0 Å². The SMILES string of the molecule is COc1cccc([C@H](C(=O)[O-])[NH+]2CCN(C(=O)OC(C)(C)C)CC2)c1OC. The molecule has 1 amide bonds. The van der Waals surface area contributed by atoms with Crippen molar-refractivity contribution in [1.29, 1.82) is 0 Å². The van der Waals surface area contributed by atoms with Crippen LogP contribution in [0.4, 0.5) is 4.79 Å². The van der Waals surface area contributed by atoms with Gasteiger partial charge in [-0.05, 0) is 32.9 Å². The van der Waals surface area contributed by atoms with E-state index in [9.17, 15) is 14.7 Å². The Morgan fingerprint density at radius 2 is 1.78 bits per heavy atom. The minimum Gasteiger partial charge on any atom is -0.544 e. The number of piperazine rings is 1. The number of carbonyl (C=O) groups is 2. The maximum atomic E-state index is 12.2. The van der Waals surface area contributed by atoms with E-state index in [1.807, 2.05) is 20.8 Å². The number of ether oxygens (including phenoxy) is 3. The number of nitrogens with zero attached hydrogens (tertiary/aromatic N) is 1. The van der Waals surface area contributed by atoms with Gasteiger partial charge in [-0.25, -0.2) is 4.79 Å². The number of rotatable bonds is 5. The molecule has 0 unspecified atom stereocenters. The molecular weight excluding hydrogens is 352 g/mol. The number of methoxy groups -OCH3 is 2. The molecule has 8 nitrogen and oxygen atoms in total. The quantitative estimate of drug-likeness (QED) is 0.749. The Morgan fingerprint density at radius 3 is 2.26 bits per heavy atom. The number of para-hydroxylation sites is 1. The molecule has 1 atom stereocenters. The van der Waals surface area contributed by atoms with Gasteiger partial charge in [-0.1, -0.05) is 6.07 Å². The summed E-state index contributed by atoms with van der Waals surface area (Å²) in [6.45, 7) is 7.16. The summed E-state index contributed by atoms with van der Waals surface area (Å²) in [4.78, 5) is 26.5. The minimum absolute atomic E-state index is 0.384. The second-order valence-corrected chi connectivity index (χ2v) is 7.46. The number of nitrogens with one attached hydrogen (secondary N) is 1. The van der Waals surface area contributed by atoms with Crippen LogP contribution in [0.1, 0.15) is 32.4 Å². The van der Waals surface area contributed by atoms with E-state index < -0.39 is 17.6 Å². The third-order valence-electron chi connectivity index (χ3n) is 4.45. The molecule has 0 aliphatic carbocycles. The highest BCUT2D eigenvalue weighted by atomic mass is 16.6. The predicted octanol–water partition coefficient (Wildman–Crippen LogP) is -0.370. The summed E-state index contributed by atoms with van der Waals surface area (Å²) in [5.41, 5.74) is -0.0692. The van der Waals surface area contributed by atoms with E-state index in [1.165, 1.54) is 14.2 Å². The average molecular weight is 380 g/mol. The Bertz CT molecular complexity index is 677. The van der Waals surface area contributed by atoms with E-state index >= 15 is 0 Å². The van der Waals surface area contributed by atoms with Crippen molar-refractivity contribution < 1.29 is 33.8 Å². The summed E-state index contributed by atoms with van der Waals surface area (Å²) >= 11 is 0. The van der Waals surface area contributed by atoms with E-state index in [0.29, 0.717) is 43.2 Å². The molecule has 1 aliphatic heterocycles. The predicted molar refractivity (Wildman–Crippen MR) is 95.8 cm³/mol. The van der Waals surface area contributed by atoms with Crippen molar-refractivity contribution in [3.8, 4) is 11.5 Å². The van der Waals surface area contributed by atoms with Gasteiger partial charge in [0.2, 0.25) is 0 Å². The molecule has 150 valence electrons. The van der Waals surface area contributed by atoms with Crippen LogP contribution in [0.2, 0.25) is 0 Å². The van der Waals surface area contributed by atoms with Gasteiger partial charge in [0.25, 0.3) is 0 Å². The number of hydrogen-bond donors (Lipinski definition) is 1. The number of aliphatic carboxylic acids is 1. The highest BCUT2D eigenvalue weighted by molar-refractivity contribution is 5.74. The molecule has 0 saturated carbocycles. The van der Waals surface area contributed by atoms with Crippen LogP contribution in [0.5, 0.6) is 11.5 Å². The fourth-order valence-corrected chi connectivity index (χ4v) is 3.24. The summed E-state index contributed by atoms with van der Waals surface area (Å²) in [6, 6.07) is 4.22. The summed E-state index contributed by atoms with van der Waals surface area (Å²) in [7, 11) is 2.98. The molecule has 1 aromatic carbocycles. The van der Waals surface area contributed by atoms with Crippen LogP contribution in [0, 0.1) is 0 Å². The highest BCUT2D eigenvalue weighted by Gasteiger charge is 2.35. The van der Waals surface area contributed by atoms with Gasteiger partial charge in [-0.15, -0.1) is 0 Å². The van der Waals surface area contributed by atoms with Gasteiger partial charge >= 0.3 is 6.09 Å². The molecule has 1 aromatic rings. The zero-order valence-electron chi connectivity index (χ0n) is 16.5. The smallest absolute Gasteiger partial charge is 0.410 e. The molecule has 1 fully saturated rings. The number of benzene rings is 1. The molecule has 1 aliphatic rings. The van der Waals surface area contributed by atoms with E-state index in [0.717, 1.165) is 4.90 Å². The average Bonchev–Trinajstić information content (AvgIpc) is 2.60. The maximum Gasteiger partial charge on any atom is 0.410 e. The zero-order chi connectivity index (χ0) is 20.2. The Hall–Kier alpha value is -2.48. The third-order valence-corrected chi connectivity index (χ3v) is 4.45. The number of hydrogen-bond acceptors (Lipinski definition) is 6. The van der Waals surface area contributed by atoms with Crippen molar-refractivity contribution in [3.05, 3.63) is 23.8 Å². The van der Waals surface area contributed by atoms with Gasteiger partial charge in [-0.2, -0.15) is 0 Å². The zero-order valence-corrected chi connectivity index (χ0v) is 16.5. The van der Waals surface area contributed by atoms with Gasteiger partial charge in [0, 0.05) is 0 Å². The molecule has 0 aromatic heterocycles. The molecule has 1 heterocycles. The number of carboxylic acid groups (broad SMARTS) is 1. The first-order valence-corrected chi connectivity index (χ1v) is 8.92. The highest BCUT2D eigenvalue weighted by Crippen LogP contribution is 2.33. The lowest BCUT2D eigenvalue weighted by Crippen LogP contribution is -3.16. The lowest BCUT2D eigenvalue weighted by molar-refractivity contribution is -0.928. The lowest BCUT2D eigenvalue weighted by Gasteiger charge is -2.37. The molecule has 8 heteroatoms. The van der Waals surface area contributed by atoms with E-state index in [1.54, 1.807) is 23.1 Å². The number of carboxylic acids is 1. The van der Waals surface area contributed by atoms with E-state index in [4.69, 9.17) is 14.2 Å². The topological polar surface area (TPSA) is 92.6 Å². The van der Waals surface area contributed by atoms with Gasteiger partial charge in [0.15, 0.2) is 17.5 Å². The van der Waals surface area contributed by atoms with Crippen LogP contribution in [-0.2, 0) is 9.53 Å². The van der Waals surface area contributed by atoms with Crippen LogP contribution in [0.15, 0.2) is 18.2 Å². The standard InChI is InChI=1S/C19H28N2O6/c1-19(2,3)27-18(24)21-11-9-20(10-12-21)15(17(22)23)13-7-6-8-14(25-4)16(13)26-5/h6-8,15H,9-12H2,1-5H3,(H,22,23)/t15-/m1/s1. The molecule has 0 spiro atoms. The van der Waals surface area contributed by atoms with E-state index in [2.05, 4.69) is 0 Å². The van der Waals surface area contributed by atoms with Crippen LogP contribution < -0.4 is 19.5 Å². The molecule has 27 heavy (non-hydrogen) atoms. The van der Waals surface area contributed by atoms with Crippen molar-refractivity contribution in [1.82, 2.24) is 4.90 Å². The molecule has 2 rings (SSSR count). The number of quaternary nitrogens is 1. The monoisotopic (exact) mass is 380 g/mol. The largest absolute Gasteiger partial charge is 0.544 e. The number of carbonyl (C=O) groups excluding carboxylic acids is 2. The molecule has 1 N–H and O–H groups in total.